The molecule has 2 heterocycles. The molecule has 0 radical (unpaired) electrons. The van der Waals surface area contributed by atoms with E-state index < -0.39 is 0 Å². The zero-order chi connectivity index (χ0) is 16.8. The fourth-order valence-electron chi connectivity index (χ4n) is 2.56. The number of rotatable bonds is 6. The minimum absolute atomic E-state index is 0.148. The highest BCUT2D eigenvalue weighted by molar-refractivity contribution is 5.59. The summed E-state index contributed by atoms with van der Waals surface area (Å²) < 4.78 is 5.13. The quantitative estimate of drug-likeness (QED) is 0.758. The van der Waals surface area contributed by atoms with E-state index in [9.17, 15) is 4.79 Å². The van der Waals surface area contributed by atoms with E-state index in [1.54, 1.807) is 19.4 Å². The van der Waals surface area contributed by atoms with Gasteiger partial charge in [0.15, 0.2) is 0 Å². The van der Waals surface area contributed by atoms with Crippen molar-refractivity contribution in [3.8, 4) is 17.1 Å². The van der Waals surface area contributed by atoms with Gasteiger partial charge in [-0.25, -0.2) is 9.97 Å². The maximum absolute atomic E-state index is 11.9. The van der Waals surface area contributed by atoms with Crippen LogP contribution in [0.15, 0.2) is 59.5 Å². The summed E-state index contributed by atoms with van der Waals surface area (Å²) in [6.45, 7) is 0. The summed E-state index contributed by atoms with van der Waals surface area (Å²) in [6.07, 6.45) is 4.25. The molecule has 0 atom stereocenters. The van der Waals surface area contributed by atoms with Crippen LogP contribution in [0.2, 0.25) is 0 Å². The second kappa shape index (κ2) is 7.55. The van der Waals surface area contributed by atoms with Gasteiger partial charge in [-0.2, -0.15) is 0 Å². The lowest BCUT2D eigenvalue weighted by Crippen LogP contribution is -2.11. The molecule has 24 heavy (non-hydrogen) atoms. The zero-order valence-electron chi connectivity index (χ0n) is 13.5. The van der Waals surface area contributed by atoms with Gasteiger partial charge in [0.25, 0.3) is 5.56 Å². The fraction of sp³-hybridized carbons (Fsp3) is 0.211. The van der Waals surface area contributed by atoms with Crippen LogP contribution in [0, 0.1) is 0 Å². The molecule has 122 valence electrons. The van der Waals surface area contributed by atoms with E-state index >= 15 is 0 Å². The fourth-order valence-corrected chi connectivity index (χ4v) is 2.56. The van der Waals surface area contributed by atoms with Crippen LogP contribution in [0.4, 0.5) is 0 Å². The van der Waals surface area contributed by atoms with Gasteiger partial charge in [0, 0.05) is 30.3 Å². The van der Waals surface area contributed by atoms with Crippen molar-refractivity contribution in [2.45, 2.75) is 19.3 Å². The lowest BCUT2D eigenvalue weighted by atomic mass is 10.1. The SMILES string of the molecule is COc1cc(-c2cc(=O)[nH]c(CCCc3ccccc3)n2)ccn1. The molecule has 5 heteroatoms. The summed E-state index contributed by atoms with van der Waals surface area (Å²) in [5.41, 5.74) is 2.59. The standard InChI is InChI=1S/C19H19N3O2/c1-24-19-12-15(10-11-20-19)16-13-18(23)22-17(21-16)9-5-8-14-6-3-2-4-7-14/h2-4,6-7,10-13H,5,8-9H2,1H3,(H,21,22,23). The molecule has 2 aromatic heterocycles. The van der Waals surface area contributed by atoms with Gasteiger partial charge in [0.05, 0.1) is 12.8 Å². The Hall–Kier alpha value is -2.95. The Balaban J connectivity index is 1.75. The van der Waals surface area contributed by atoms with Crippen molar-refractivity contribution in [1.29, 1.82) is 0 Å². The van der Waals surface area contributed by atoms with Crippen LogP contribution in [-0.2, 0) is 12.8 Å². The van der Waals surface area contributed by atoms with Gasteiger partial charge in [-0.15, -0.1) is 0 Å². The predicted molar refractivity (Wildman–Crippen MR) is 93.1 cm³/mol. The molecule has 0 aliphatic heterocycles. The maximum atomic E-state index is 11.9. The molecule has 1 aromatic carbocycles. The monoisotopic (exact) mass is 321 g/mol. The Labute approximate surface area is 140 Å². The van der Waals surface area contributed by atoms with E-state index in [1.165, 1.54) is 11.6 Å². The molecule has 0 bridgehead atoms. The Morgan fingerprint density at radius 3 is 2.71 bits per heavy atom. The first kappa shape index (κ1) is 15.9. The molecule has 0 fully saturated rings. The number of aromatic amines is 1. The molecule has 1 N–H and O–H groups in total. The lowest BCUT2D eigenvalue weighted by molar-refractivity contribution is 0.398. The number of aromatic nitrogens is 3. The number of hydrogen-bond acceptors (Lipinski definition) is 4. The van der Waals surface area contributed by atoms with Gasteiger partial charge in [-0.05, 0) is 24.5 Å². The van der Waals surface area contributed by atoms with Crippen molar-refractivity contribution in [1.82, 2.24) is 15.0 Å². The van der Waals surface area contributed by atoms with Crippen LogP contribution in [0.25, 0.3) is 11.3 Å². The van der Waals surface area contributed by atoms with Crippen molar-refractivity contribution >= 4 is 0 Å². The summed E-state index contributed by atoms with van der Waals surface area (Å²) in [6, 6.07) is 15.4. The number of methoxy groups -OCH3 is 1. The molecule has 0 aliphatic rings. The van der Waals surface area contributed by atoms with Gasteiger partial charge in [-0.3, -0.25) is 4.79 Å². The van der Waals surface area contributed by atoms with Crippen LogP contribution in [-0.4, -0.2) is 22.1 Å². The summed E-state index contributed by atoms with van der Waals surface area (Å²) in [5, 5.41) is 0. The smallest absolute Gasteiger partial charge is 0.251 e. The molecule has 0 aliphatic carbocycles. The largest absolute Gasteiger partial charge is 0.481 e. The molecule has 0 unspecified atom stereocenters. The van der Waals surface area contributed by atoms with E-state index in [0.717, 1.165) is 24.8 Å². The van der Waals surface area contributed by atoms with E-state index in [0.29, 0.717) is 17.4 Å². The first-order valence-corrected chi connectivity index (χ1v) is 7.89. The lowest BCUT2D eigenvalue weighted by Gasteiger charge is -2.06. The third-order valence-electron chi connectivity index (χ3n) is 3.75. The van der Waals surface area contributed by atoms with E-state index in [2.05, 4.69) is 27.1 Å². The van der Waals surface area contributed by atoms with Crippen LogP contribution in [0.1, 0.15) is 17.8 Å². The third-order valence-corrected chi connectivity index (χ3v) is 3.75. The molecular formula is C19H19N3O2. The third kappa shape index (κ3) is 4.07. The number of nitrogens with one attached hydrogen (secondary N) is 1. The highest BCUT2D eigenvalue weighted by Gasteiger charge is 2.06. The van der Waals surface area contributed by atoms with Crippen molar-refractivity contribution < 1.29 is 4.74 Å². The van der Waals surface area contributed by atoms with Gasteiger partial charge < -0.3 is 9.72 Å². The van der Waals surface area contributed by atoms with Crippen molar-refractivity contribution in [3.63, 3.8) is 0 Å². The Kier molecular flexibility index (Phi) is 5.01. The number of pyridine rings is 1. The van der Waals surface area contributed by atoms with Crippen molar-refractivity contribution in [2.75, 3.05) is 7.11 Å². The summed E-state index contributed by atoms with van der Waals surface area (Å²) >= 11 is 0. The van der Waals surface area contributed by atoms with Crippen LogP contribution >= 0.6 is 0 Å². The van der Waals surface area contributed by atoms with E-state index in [-0.39, 0.29) is 5.56 Å². The maximum Gasteiger partial charge on any atom is 0.251 e. The number of aryl methyl sites for hydroxylation is 2. The average molecular weight is 321 g/mol. The zero-order valence-corrected chi connectivity index (χ0v) is 13.5. The second-order valence-corrected chi connectivity index (χ2v) is 5.50. The summed E-state index contributed by atoms with van der Waals surface area (Å²) in [5.74, 6) is 1.20. The minimum Gasteiger partial charge on any atom is -0.481 e. The van der Waals surface area contributed by atoms with Gasteiger partial charge in [0.2, 0.25) is 5.88 Å². The molecule has 3 rings (SSSR count). The average Bonchev–Trinajstić information content (AvgIpc) is 2.62. The first-order valence-electron chi connectivity index (χ1n) is 7.89. The van der Waals surface area contributed by atoms with Crippen molar-refractivity contribution in [3.05, 3.63) is 76.5 Å². The molecule has 0 spiro atoms. The van der Waals surface area contributed by atoms with Crippen LogP contribution in [0.5, 0.6) is 5.88 Å². The Morgan fingerprint density at radius 2 is 1.92 bits per heavy atom. The molecule has 5 nitrogen and oxygen atoms in total. The van der Waals surface area contributed by atoms with Gasteiger partial charge in [-0.1, -0.05) is 30.3 Å². The van der Waals surface area contributed by atoms with Gasteiger partial charge >= 0.3 is 0 Å². The van der Waals surface area contributed by atoms with Crippen LogP contribution < -0.4 is 10.3 Å². The first-order chi connectivity index (χ1) is 11.7. The molecular weight excluding hydrogens is 302 g/mol. The number of benzene rings is 1. The Morgan fingerprint density at radius 1 is 1.08 bits per heavy atom. The van der Waals surface area contributed by atoms with Gasteiger partial charge in [0.1, 0.15) is 5.82 Å². The topological polar surface area (TPSA) is 67.9 Å². The van der Waals surface area contributed by atoms with Crippen LogP contribution in [0.3, 0.4) is 0 Å². The van der Waals surface area contributed by atoms with E-state index in [1.807, 2.05) is 24.3 Å². The second-order valence-electron chi connectivity index (χ2n) is 5.50. The summed E-state index contributed by atoms with van der Waals surface area (Å²) in [7, 11) is 1.56. The number of ether oxygens (including phenoxy) is 1. The molecule has 0 amide bonds. The highest BCUT2D eigenvalue weighted by Crippen LogP contribution is 2.19. The predicted octanol–water partition coefficient (Wildman–Crippen LogP) is 3.02. The van der Waals surface area contributed by atoms with Crippen molar-refractivity contribution in [2.24, 2.45) is 0 Å². The molecule has 0 saturated carbocycles. The molecule has 0 saturated heterocycles. The molecule has 3 aromatic rings. The minimum atomic E-state index is -0.148. The number of hydrogen-bond donors (Lipinski definition) is 1. The number of H-pyrrole nitrogens is 1. The Bertz CT molecular complexity index is 860. The summed E-state index contributed by atoms with van der Waals surface area (Å²) in [4.78, 5) is 23.4. The highest BCUT2D eigenvalue weighted by atomic mass is 16.5. The number of nitrogens with zero attached hydrogens (tertiary/aromatic N) is 2. The van der Waals surface area contributed by atoms with E-state index in [4.69, 9.17) is 4.74 Å². The normalized spacial score (nSPS) is 10.5.